The van der Waals surface area contributed by atoms with E-state index in [1.54, 1.807) is 4.90 Å². The Morgan fingerprint density at radius 1 is 1.57 bits per heavy atom. The fourth-order valence-electron chi connectivity index (χ4n) is 1.25. The number of ether oxygens (including phenoxy) is 1. The number of carbonyl (C=O) groups is 1. The van der Waals surface area contributed by atoms with Crippen LogP contribution >= 0.6 is 0 Å². The van der Waals surface area contributed by atoms with Crippen LogP contribution in [0, 0.1) is 0 Å². The summed E-state index contributed by atoms with van der Waals surface area (Å²) in [6.07, 6.45) is 0. The minimum absolute atomic E-state index is 0.0428. The molecule has 0 aromatic rings. The minimum atomic E-state index is -0.267. The third-order valence-electron chi connectivity index (χ3n) is 2.23. The van der Waals surface area contributed by atoms with E-state index in [4.69, 9.17) is 10.5 Å². The number of nitrogens with zero attached hydrogens (tertiary/aromatic N) is 2. The van der Waals surface area contributed by atoms with Crippen molar-refractivity contribution in [2.75, 3.05) is 46.9 Å². The topological polar surface area (TPSA) is 58.8 Å². The average Bonchev–Trinajstić information content (AvgIpc) is 2.15. The highest BCUT2D eigenvalue weighted by Crippen LogP contribution is 2.06. The lowest BCUT2D eigenvalue weighted by atomic mass is 10.1. The van der Waals surface area contributed by atoms with Crippen LogP contribution in [0.5, 0.6) is 0 Å². The molecule has 14 heavy (non-hydrogen) atoms. The third-order valence-corrected chi connectivity index (χ3v) is 2.23. The lowest BCUT2D eigenvalue weighted by molar-refractivity contribution is -0.143. The number of hydrogen-bond acceptors (Lipinski definition) is 4. The van der Waals surface area contributed by atoms with E-state index >= 15 is 0 Å². The van der Waals surface area contributed by atoms with Crippen molar-refractivity contribution in [2.24, 2.45) is 5.73 Å². The summed E-state index contributed by atoms with van der Waals surface area (Å²) in [6, 6.07) is -0.267. The molecule has 1 saturated heterocycles. The van der Waals surface area contributed by atoms with Gasteiger partial charge in [0, 0.05) is 19.6 Å². The molecule has 5 nitrogen and oxygen atoms in total. The Kier molecular flexibility index (Phi) is 4.31. The number of likely N-dealkylation sites (tertiary alicyclic amines) is 1. The van der Waals surface area contributed by atoms with Gasteiger partial charge in [0.1, 0.15) is 6.04 Å². The highest BCUT2D eigenvalue weighted by atomic mass is 16.5. The highest BCUT2D eigenvalue weighted by Gasteiger charge is 2.32. The number of amides is 1. The second kappa shape index (κ2) is 5.29. The Balaban J connectivity index is 1.92. The van der Waals surface area contributed by atoms with Crippen molar-refractivity contribution in [2.45, 2.75) is 6.04 Å². The van der Waals surface area contributed by atoms with E-state index in [1.807, 2.05) is 14.1 Å². The first kappa shape index (κ1) is 11.4. The van der Waals surface area contributed by atoms with Crippen molar-refractivity contribution >= 4 is 5.91 Å². The maximum atomic E-state index is 11.1. The number of β-lactam (4-membered cyclic amide) rings is 1. The van der Waals surface area contributed by atoms with Crippen LogP contribution in [-0.4, -0.2) is 68.7 Å². The first-order chi connectivity index (χ1) is 6.61. The summed E-state index contributed by atoms with van der Waals surface area (Å²) in [4.78, 5) is 14.9. The fourth-order valence-corrected chi connectivity index (χ4v) is 1.25. The van der Waals surface area contributed by atoms with Gasteiger partial charge in [0.05, 0.1) is 13.2 Å². The number of hydrogen-bond donors (Lipinski definition) is 1. The zero-order valence-corrected chi connectivity index (χ0v) is 8.90. The maximum absolute atomic E-state index is 11.1. The molecule has 82 valence electrons. The van der Waals surface area contributed by atoms with Crippen LogP contribution in [0.25, 0.3) is 0 Å². The molecule has 1 unspecified atom stereocenters. The summed E-state index contributed by atoms with van der Waals surface area (Å²) in [5.41, 5.74) is 5.44. The van der Waals surface area contributed by atoms with Crippen LogP contribution in [-0.2, 0) is 9.53 Å². The van der Waals surface area contributed by atoms with E-state index in [-0.39, 0.29) is 11.9 Å². The summed E-state index contributed by atoms with van der Waals surface area (Å²) in [7, 11) is 4.00. The van der Waals surface area contributed by atoms with Gasteiger partial charge in [-0.2, -0.15) is 0 Å². The molecule has 1 amide bonds. The smallest absolute Gasteiger partial charge is 0.241 e. The van der Waals surface area contributed by atoms with Crippen LogP contribution < -0.4 is 5.73 Å². The van der Waals surface area contributed by atoms with Crippen LogP contribution in [0.3, 0.4) is 0 Å². The van der Waals surface area contributed by atoms with Gasteiger partial charge in [0.15, 0.2) is 0 Å². The van der Waals surface area contributed by atoms with Gasteiger partial charge >= 0.3 is 0 Å². The zero-order chi connectivity index (χ0) is 10.6. The first-order valence-corrected chi connectivity index (χ1v) is 4.88. The Morgan fingerprint density at radius 3 is 2.79 bits per heavy atom. The maximum Gasteiger partial charge on any atom is 0.241 e. The van der Waals surface area contributed by atoms with Crippen molar-refractivity contribution in [1.82, 2.24) is 9.80 Å². The SMILES string of the molecule is CN(C)CCOCCN1CC(N)C1=O. The van der Waals surface area contributed by atoms with Gasteiger partial charge in [-0.05, 0) is 14.1 Å². The van der Waals surface area contributed by atoms with Gasteiger partial charge in [-0.1, -0.05) is 0 Å². The molecule has 1 rings (SSSR count). The molecule has 1 aliphatic heterocycles. The van der Waals surface area contributed by atoms with E-state index in [0.29, 0.717) is 26.3 Å². The molecule has 0 saturated carbocycles. The van der Waals surface area contributed by atoms with E-state index in [1.165, 1.54) is 0 Å². The molecule has 0 spiro atoms. The predicted molar refractivity (Wildman–Crippen MR) is 53.9 cm³/mol. The van der Waals surface area contributed by atoms with Gasteiger partial charge in [-0.15, -0.1) is 0 Å². The van der Waals surface area contributed by atoms with Crippen LogP contribution in [0.4, 0.5) is 0 Å². The standard InChI is InChI=1S/C9H19N3O2/c1-11(2)3-5-14-6-4-12-7-8(10)9(12)13/h8H,3-7,10H2,1-2H3. The van der Waals surface area contributed by atoms with Crippen molar-refractivity contribution in [3.05, 3.63) is 0 Å². The summed E-state index contributed by atoms with van der Waals surface area (Å²) < 4.78 is 5.36. The van der Waals surface area contributed by atoms with Gasteiger partial charge in [0.2, 0.25) is 5.91 Å². The minimum Gasteiger partial charge on any atom is -0.378 e. The van der Waals surface area contributed by atoms with Crippen molar-refractivity contribution < 1.29 is 9.53 Å². The Bertz CT molecular complexity index is 196. The molecule has 0 aromatic heterocycles. The van der Waals surface area contributed by atoms with Gasteiger partial charge < -0.3 is 20.3 Å². The molecule has 5 heteroatoms. The lowest BCUT2D eigenvalue weighted by Gasteiger charge is -2.35. The van der Waals surface area contributed by atoms with Crippen molar-refractivity contribution in [3.63, 3.8) is 0 Å². The summed E-state index contributed by atoms with van der Waals surface area (Å²) >= 11 is 0. The highest BCUT2D eigenvalue weighted by molar-refractivity contribution is 5.87. The summed E-state index contributed by atoms with van der Waals surface area (Å²) in [6.45, 7) is 3.57. The Labute approximate surface area is 84.8 Å². The number of nitrogens with two attached hydrogens (primary N) is 1. The predicted octanol–water partition coefficient (Wildman–Crippen LogP) is -1.27. The molecule has 0 aromatic carbocycles. The Morgan fingerprint density at radius 2 is 2.29 bits per heavy atom. The number of rotatable bonds is 6. The molecule has 1 heterocycles. The van der Waals surface area contributed by atoms with Gasteiger partial charge in [0.25, 0.3) is 0 Å². The summed E-state index contributed by atoms with van der Waals surface area (Å²) in [5.74, 6) is 0.0428. The third kappa shape index (κ3) is 3.25. The van der Waals surface area contributed by atoms with Crippen molar-refractivity contribution in [3.8, 4) is 0 Å². The quantitative estimate of drug-likeness (QED) is 0.430. The normalized spacial score (nSPS) is 21.6. The monoisotopic (exact) mass is 201 g/mol. The first-order valence-electron chi connectivity index (χ1n) is 4.88. The molecule has 2 N–H and O–H groups in total. The van der Waals surface area contributed by atoms with Gasteiger partial charge in [-0.25, -0.2) is 0 Å². The zero-order valence-electron chi connectivity index (χ0n) is 8.90. The molecule has 1 aliphatic rings. The number of likely N-dealkylation sites (N-methyl/N-ethyl adjacent to an activating group) is 1. The fraction of sp³-hybridized carbons (Fsp3) is 0.889. The molecule has 0 radical (unpaired) electrons. The molecule has 0 bridgehead atoms. The molecular formula is C9H19N3O2. The summed E-state index contributed by atoms with van der Waals surface area (Å²) in [5, 5.41) is 0. The second-order valence-corrected chi connectivity index (χ2v) is 3.81. The molecule has 0 aliphatic carbocycles. The van der Waals surface area contributed by atoms with Gasteiger partial charge in [-0.3, -0.25) is 4.79 Å². The van der Waals surface area contributed by atoms with Crippen molar-refractivity contribution in [1.29, 1.82) is 0 Å². The average molecular weight is 201 g/mol. The Hall–Kier alpha value is -0.650. The van der Waals surface area contributed by atoms with E-state index in [2.05, 4.69) is 4.90 Å². The number of carbonyl (C=O) groups excluding carboxylic acids is 1. The molecule has 1 fully saturated rings. The van der Waals surface area contributed by atoms with Crippen LogP contribution in [0.2, 0.25) is 0 Å². The van der Waals surface area contributed by atoms with E-state index < -0.39 is 0 Å². The largest absolute Gasteiger partial charge is 0.378 e. The van der Waals surface area contributed by atoms with E-state index in [0.717, 1.165) is 6.54 Å². The van der Waals surface area contributed by atoms with Crippen LogP contribution in [0.1, 0.15) is 0 Å². The van der Waals surface area contributed by atoms with Crippen LogP contribution in [0.15, 0.2) is 0 Å². The second-order valence-electron chi connectivity index (χ2n) is 3.81. The molecular weight excluding hydrogens is 182 g/mol. The molecule has 1 atom stereocenters. The lowest BCUT2D eigenvalue weighted by Crippen LogP contribution is -2.61. The van der Waals surface area contributed by atoms with E-state index in [9.17, 15) is 4.79 Å².